The number of carbonyl (C=O) groups excluding carboxylic acids is 4. The lowest BCUT2D eigenvalue weighted by Gasteiger charge is -2.21. The molecule has 47 heavy (non-hydrogen) atoms. The van der Waals surface area contributed by atoms with Crippen molar-refractivity contribution in [2.24, 2.45) is 5.92 Å². The number of hydrogen-bond acceptors (Lipinski definition) is 8. The standard InChI is InChI=1S/C27H35N3O7.C8H10.C2H6/c1-27(2,3)37-26(34)28-14-13-19(29-24(33)17-9-10-17)11-12-23(32)36-16-22(31)20-15-18-7-5-6-8-21(18)30-25(20)35-4;1-2-8-6-4-3-5-7-8;1-2/h5-8,15,17,19H,9-14,16H2,1-4H3,(H,28,34)(H,29,33);3-7H,2H2,1H3;1-2H3. The quantitative estimate of drug-likeness (QED) is 0.152. The first-order chi connectivity index (χ1) is 22.5. The van der Waals surface area contributed by atoms with E-state index in [-0.39, 0.29) is 42.3 Å². The van der Waals surface area contributed by atoms with Crippen molar-refractivity contribution in [1.29, 1.82) is 0 Å². The minimum atomic E-state index is -0.613. The molecular weight excluding hydrogens is 598 g/mol. The van der Waals surface area contributed by atoms with Crippen LogP contribution in [0.5, 0.6) is 5.88 Å². The number of benzene rings is 2. The number of ether oxygens (including phenoxy) is 3. The number of Topliss-reactive ketones (excluding diaryl/α,β-unsaturated/α-hetero) is 1. The zero-order chi connectivity index (χ0) is 34.8. The largest absolute Gasteiger partial charge is 0.480 e. The van der Waals surface area contributed by atoms with Crippen LogP contribution in [0.25, 0.3) is 10.9 Å². The van der Waals surface area contributed by atoms with Gasteiger partial charge in [-0.3, -0.25) is 14.4 Å². The van der Waals surface area contributed by atoms with E-state index >= 15 is 0 Å². The lowest BCUT2D eigenvalue weighted by atomic mass is 10.1. The molecule has 1 aliphatic rings. The first-order valence-electron chi connectivity index (χ1n) is 16.4. The number of ketones is 1. The fraction of sp³-hybridized carbons (Fsp3) is 0.486. The van der Waals surface area contributed by atoms with Gasteiger partial charge in [0.05, 0.1) is 18.2 Å². The zero-order valence-corrected chi connectivity index (χ0v) is 28.9. The molecule has 0 spiro atoms. The number of methoxy groups -OCH3 is 1. The van der Waals surface area contributed by atoms with E-state index in [1.165, 1.54) is 12.7 Å². The van der Waals surface area contributed by atoms with E-state index < -0.39 is 30.1 Å². The van der Waals surface area contributed by atoms with E-state index in [1.54, 1.807) is 26.8 Å². The van der Waals surface area contributed by atoms with Crippen LogP contribution in [0.15, 0.2) is 60.7 Å². The van der Waals surface area contributed by atoms with Crippen LogP contribution in [-0.2, 0) is 25.5 Å². The molecule has 1 atom stereocenters. The van der Waals surface area contributed by atoms with E-state index in [4.69, 9.17) is 14.2 Å². The van der Waals surface area contributed by atoms with E-state index in [0.717, 1.165) is 24.6 Å². The van der Waals surface area contributed by atoms with Gasteiger partial charge in [-0.15, -0.1) is 0 Å². The molecule has 3 aromatic rings. The highest BCUT2D eigenvalue weighted by Crippen LogP contribution is 2.29. The molecule has 10 heteroatoms. The number of alkyl carbamates (subject to hydrolysis) is 1. The Morgan fingerprint density at radius 3 is 2.21 bits per heavy atom. The van der Waals surface area contributed by atoms with E-state index in [9.17, 15) is 19.2 Å². The van der Waals surface area contributed by atoms with Gasteiger partial charge in [-0.05, 0) is 70.6 Å². The summed E-state index contributed by atoms with van der Waals surface area (Å²) in [5.41, 5.74) is 1.72. The van der Waals surface area contributed by atoms with Crippen molar-refractivity contribution in [3.63, 3.8) is 0 Å². The number of esters is 1. The second kappa shape index (κ2) is 19.9. The normalized spacial score (nSPS) is 12.7. The van der Waals surface area contributed by atoms with Crippen LogP contribution in [0.2, 0.25) is 0 Å². The minimum Gasteiger partial charge on any atom is -0.480 e. The summed E-state index contributed by atoms with van der Waals surface area (Å²) >= 11 is 0. The number of amides is 2. The summed E-state index contributed by atoms with van der Waals surface area (Å²) in [7, 11) is 1.42. The Hall–Kier alpha value is -4.47. The Balaban J connectivity index is 0.000000660. The van der Waals surface area contributed by atoms with E-state index in [0.29, 0.717) is 18.4 Å². The molecule has 1 unspecified atom stereocenters. The van der Waals surface area contributed by atoms with Crippen molar-refractivity contribution < 1.29 is 33.4 Å². The lowest BCUT2D eigenvalue weighted by molar-refractivity contribution is -0.143. The molecule has 0 radical (unpaired) electrons. The smallest absolute Gasteiger partial charge is 0.407 e. The Bertz CT molecular complexity index is 1430. The van der Waals surface area contributed by atoms with Crippen molar-refractivity contribution in [2.45, 2.75) is 91.7 Å². The molecular formula is C37H51N3O7. The second-order valence-electron chi connectivity index (χ2n) is 11.9. The molecule has 1 saturated carbocycles. The topological polar surface area (TPSA) is 133 Å². The third-order valence-electron chi connectivity index (χ3n) is 6.95. The summed E-state index contributed by atoms with van der Waals surface area (Å²) in [6.07, 6.45) is 3.03. The number of pyridine rings is 1. The zero-order valence-electron chi connectivity index (χ0n) is 28.9. The van der Waals surface area contributed by atoms with Gasteiger partial charge in [0.1, 0.15) is 5.60 Å². The molecule has 0 aliphatic heterocycles. The third-order valence-corrected chi connectivity index (χ3v) is 6.95. The van der Waals surface area contributed by atoms with Crippen LogP contribution >= 0.6 is 0 Å². The SMILES string of the molecule is CC.CCc1ccccc1.COc1nc2ccccc2cc1C(=O)COC(=O)CCC(CCNC(=O)OC(C)(C)C)NC(=O)C1CC1. The van der Waals surface area contributed by atoms with Crippen molar-refractivity contribution in [1.82, 2.24) is 15.6 Å². The highest BCUT2D eigenvalue weighted by molar-refractivity contribution is 6.02. The molecule has 1 aliphatic carbocycles. The Morgan fingerprint density at radius 1 is 0.957 bits per heavy atom. The maximum Gasteiger partial charge on any atom is 0.407 e. The van der Waals surface area contributed by atoms with Crippen LogP contribution in [0.3, 0.4) is 0 Å². The molecule has 1 fully saturated rings. The molecule has 2 N–H and O–H groups in total. The maximum absolute atomic E-state index is 12.7. The predicted octanol–water partition coefficient (Wildman–Crippen LogP) is 6.83. The first-order valence-corrected chi connectivity index (χ1v) is 16.4. The van der Waals surface area contributed by atoms with Gasteiger partial charge in [-0.25, -0.2) is 9.78 Å². The van der Waals surface area contributed by atoms with Gasteiger partial charge in [0, 0.05) is 30.3 Å². The molecule has 2 aromatic carbocycles. The van der Waals surface area contributed by atoms with Gasteiger partial charge in [0.2, 0.25) is 17.6 Å². The summed E-state index contributed by atoms with van der Waals surface area (Å²) in [5.74, 6) is -0.867. The number of aromatic nitrogens is 1. The van der Waals surface area contributed by atoms with Gasteiger partial charge in [0.25, 0.3) is 0 Å². The maximum atomic E-state index is 12.7. The van der Waals surface area contributed by atoms with Crippen LogP contribution in [0, 0.1) is 5.92 Å². The second-order valence-corrected chi connectivity index (χ2v) is 11.9. The number of carbonyl (C=O) groups is 4. The van der Waals surface area contributed by atoms with Gasteiger partial charge >= 0.3 is 12.1 Å². The summed E-state index contributed by atoms with van der Waals surface area (Å²) < 4.78 is 15.7. The van der Waals surface area contributed by atoms with Gasteiger partial charge in [0.15, 0.2) is 6.61 Å². The average molecular weight is 650 g/mol. The van der Waals surface area contributed by atoms with Crippen LogP contribution in [0.1, 0.15) is 89.6 Å². The third kappa shape index (κ3) is 14.7. The molecule has 1 aromatic heterocycles. The number of hydrogen-bond donors (Lipinski definition) is 2. The minimum absolute atomic E-state index is 0.00242. The number of rotatable bonds is 13. The molecule has 256 valence electrons. The summed E-state index contributed by atoms with van der Waals surface area (Å²) in [6, 6.07) is 19.1. The Labute approximate surface area is 279 Å². The van der Waals surface area contributed by atoms with Crippen molar-refractivity contribution >= 4 is 34.7 Å². The number of nitrogens with zero attached hydrogens (tertiary/aromatic N) is 1. The van der Waals surface area contributed by atoms with Gasteiger partial charge < -0.3 is 24.8 Å². The predicted molar refractivity (Wildman–Crippen MR) is 183 cm³/mol. The monoisotopic (exact) mass is 649 g/mol. The molecule has 1 heterocycles. The van der Waals surface area contributed by atoms with Gasteiger partial charge in [-0.2, -0.15) is 0 Å². The molecule has 0 bridgehead atoms. The molecule has 0 saturated heterocycles. The van der Waals surface area contributed by atoms with Crippen LogP contribution in [0.4, 0.5) is 4.79 Å². The molecule has 4 rings (SSSR count). The molecule has 2 amide bonds. The van der Waals surface area contributed by atoms with Crippen LogP contribution < -0.4 is 15.4 Å². The highest BCUT2D eigenvalue weighted by atomic mass is 16.6. The van der Waals surface area contributed by atoms with Crippen molar-refractivity contribution in [2.75, 3.05) is 20.3 Å². The number of para-hydroxylation sites is 1. The number of aryl methyl sites for hydroxylation is 1. The lowest BCUT2D eigenvalue weighted by Crippen LogP contribution is -2.40. The highest BCUT2D eigenvalue weighted by Gasteiger charge is 2.31. The Morgan fingerprint density at radius 2 is 1.62 bits per heavy atom. The first kappa shape index (κ1) is 38.7. The van der Waals surface area contributed by atoms with Crippen molar-refractivity contribution in [3.05, 3.63) is 71.8 Å². The fourth-order valence-electron chi connectivity index (χ4n) is 4.37. The summed E-state index contributed by atoms with van der Waals surface area (Å²) in [4.78, 5) is 53.6. The molecule has 10 nitrogen and oxygen atoms in total. The van der Waals surface area contributed by atoms with Gasteiger partial charge in [-0.1, -0.05) is 69.3 Å². The summed E-state index contributed by atoms with van der Waals surface area (Å²) in [6.45, 7) is 11.3. The van der Waals surface area contributed by atoms with E-state index in [1.807, 2.05) is 44.2 Å². The van der Waals surface area contributed by atoms with E-state index in [2.05, 4.69) is 46.8 Å². The fourth-order valence-corrected chi connectivity index (χ4v) is 4.37. The average Bonchev–Trinajstić information content (AvgIpc) is 3.92. The number of nitrogens with one attached hydrogen (secondary N) is 2. The Kier molecular flexibility index (Phi) is 16.4. The van der Waals surface area contributed by atoms with Crippen molar-refractivity contribution in [3.8, 4) is 5.88 Å². The van der Waals surface area contributed by atoms with Crippen LogP contribution in [-0.4, -0.2) is 60.6 Å². The number of fused-ring (bicyclic) bond motifs is 1. The summed E-state index contributed by atoms with van der Waals surface area (Å²) in [5, 5.41) is 6.39.